The van der Waals surface area contributed by atoms with Crippen LogP contribution in [0.1, 0.15) is 10.4 Å². The van der Waals surface area contributed by atoms with Gasteiger partial charge in [-0.05, 0) is 24.4 Å². The third-order valence-corrected chi connectivity index (χ3v) is 5.52. The molecule has 1 amide bonds. The Hall–Kier alpha value is -2.38. The molecule has 5 nitrogen and oxygen atoms in total. The molecule has 134 valence electrons. The Morgan fingerprint density at radius 1 is 1.35 bits per heavy atom. The molecule has 2 aromatic heterocycles. The SMILES string of the molecule is C=CCn1c(SCC(=O)NCc2cccs2)nnc1-c1cccc(C)c1. The number of hydrogen-bond donors (Lipinski definition) is 1. The smallest absolute Gasteiger partial charge is 0.230 e. The first kappa shape index (κ1) is 18.4. The molecule has 1 N–H and O–H groups in total. The highest BCUT2D eigenvalue weighted by molar-refractivity contribution is 7.99. The monoisotopic (exact) mass is 384 g/mol. The molecule has 3 rings (SSSR count). The second-order valence-corrected chi connectivity index (χ2v) is 7.69. The number of thioether (sulfide) groups is 1. The van der Waals surface area contributed by atoms with E-state index in [4.69, 9.17) is 0 Å². The molecule has 1 aromatic carbocycles. The Kier molecular flexibility index (Phi) is 6.25. The van der Waals surface area contributed by atoms with Gasteiger partial charge in [0.1, 0.15) is 0 Å². The summed E-state index contributed by atoms with van der Waals surface area (Å²) in [5.41, 5.74) is 2.17. The fraction of sp³-hybridized carbons (Fsp3) is 0.211. The summed E-state index contributed by atoms with van der Waals surface area (Å²) in [4.78, 5) is 13.2. The topological polar surface area (TPSA) is 59.8 Å². The second kappa shape index (κ2) is 8.82. The van der Waals surface area contributed by atoms with Crippen molar-refractivity contribution in [1.29, 1.82) is 0 Å². The first-order valence-corrected chi connectivity index (χ1v) is 10.1. The van der Waals surface area contributed by atoms with Crippen LogP contribution in [0.4, 0.5) is 0 Å². The van der Waals surface area contributed by atoms with Crippen molar-refractivity contribution < 1.29 is 4.79 Å². The van der Waals surface area contributed by atoms with Crippen LogP contribution >= 0.6 is 23.1 Å². The van der Waals surface area contributed by atoms with Gasteiger partial charge in [-0.25, -0.2) is 0 Å². The van der Waals surface area contributed by atoms with Crippen molar-refractivity contribution >= 4 is 29.0 Å². The zero-order valence-electron chi connectivity index (χ0n) is 14.5. The van der Waals surface area contributed by atoms with E-state index in [1.54, 1.807) is 11.3 Å². The molecular formula is C19H20N4OS2. The largest absolute Gasteiger partial charge is 0.350 e. The van der Waals surface area contributed by atoms with E-state index in [0.29, 0.717) is 24.0 Å². The number of allylic oxidation sites excluding steroid dienone is 1. The number of amides is 1. The predicted octanol–water partition coefficient (Wildman–Crippen LogP) is 3.91. The van der Waals surface area contributed by atoms with Gasteiger partial charge >= 0.3 is 0 Å². The summed E-state index contributed by atoms with van der Waals surface area (Å²) in [5, 5.41) is 14.2. The van der Waals surface area contributed by atoms with E-state index in [-0.39, 0.29) is 5.91 Å². The van der Waals surface area contributed by atoms with Gasteiger partial charge in [-0.3, -0.25) is 9.36 Å². The van der Waals surface area contributed by atoms with E-state index < -0.39 is 0 Å². The van der Waals surface area contributed by atoms with Gasteiger partial charge in [-0.1, -0.05) is 47.7 Å². The Balaban J connectivity index is 1.67. The number of carbonyl (C=O) groups is 1. The molecule has 0 saturated heterocycles. The van der Waals surface area contributed by atoms with Gasteiger partial charge in [0.2, 0.25) is 5.91 Å². The molecule has 0 radical (unpaired) electrons. The van der Waals surface area contributed by atoms with Crippen molar-refractivity contribution in [2.45, 2.75) is 25.2 Å². The third kappa shape index (κ3) is 4.62. The number of aromatic nitrogens is 3. The quantitative estimate of drug-likeness (QED) is 0.472. The van der Waals surface area contributed by atoms with Crippen molar-refractivity contribution in [3.63, 3.8) is 0 Å². The lowest BCUT2D eigenvalue weighted by Gasteiger charge is -2.08. The zero-order chi connectivity index (χ0) is 18.4. The van der Waals surface area contributed by atoms with Crippen LogP contribution < -0.4 is 5.32 Å². The van der Waals surface area contributed by atoms with E-state index in [2.05, 4.69) is 28.2 Å². The number of nitrogens with one attached hydrogen (secondary N) is 1. The van der Waals surface area contributed by atoms with E-state index in [0.717, 1.165) is 21.8 Å². The Bertz CT molecular complexity index is 887. The van der Waals surface area contributed by atoms with Crippen LogP contribution in [-0.4, -0.2) is 26.4 Å². The van der Waals surface area contributed by atoms with Crippen molar-refractivity contribution in [2.24, 2.45) is 0 Å². The number of hydrogen-bond acceptors (Lipinski definition) is 5. The molecule has 7 heteroatoms. The maximum atomic E-state index is 12.1. The average Bonchev–Trinajstić information content (AvgIpc) is 3.28. The molecule has 0 unspecified atom stereocenters. The molecule has 0 aliphatic rings. The lowest BCUT2D eigenvalue weighted by Crippen LogP contribution is -2.24. The lowest BCUT2D eigenvalue weighted by atomic mass is 10.1. The van der Waals surface area contributed by atoms with Crippen molar-refractivity contribution in [3.05, 3.63) is 64.9 Å². The standard InChI is InChI=1S/C19H20N4OS2/c1-3-9-23-18(15-7-4-6-14(2)11-15)21-22-19(23)26-13-17(24)20-12-16-8-5-10-25-16/h3-8,10-11H,1,9,12-13H2,2H3,(H,20,24). The lowest BCUT2D eigenvalue weighted by molar-refractivity contribution is -0.118. The second-order valence-electron chi connectivity index (χ2n) is 5.72. The van der Waals surface area contributed by atoms with Crippen molar-refractivity contribution in [2.75, 3.05) is 5.75 Å². The summed E-state index contributed by atoms with van der Waals surface area (Å²) in [6.45, 7) is 7.02. The Labute approximate surface area is 161 Å². The van der Waals surface area contributed by atoms with E-state index in [9.17, 15) is 4.79 Å². The molecule has 0 bridgehead atoms. The zero-order valence-corrected chi connectivity index (χ0v) is 16.1. The summed E-state index contributed by atoms with van der Waals surface area (Å²) in [6, 6.07) is 12.1. The molecule has 0 atom stereocenters. The number of nitrogens with zero attached hydrogens (tertiary/aromatic N) is 3. The third-order valence-electron chi connectivity index (χ3n) is 3.68. The number of carbonyl (C=O) groups excluding carboxylic acids is 1. The molecule has 0 saturated carbocycles. The van der Waals surface area contributed by atoms with Crippen molar-refractivity contribution in [1.82, 2.24) is 20.1 Å². The minimum Gasteiger partial charge on any atom is -0.350 e. The Morgan fingerprint density at radius 3 is 2.96 bits per heavy atom. The number of thiophene rings is 1. The fourth-order valence-corrected chi connectivity index (χ4v) is 3.89. The molecule has 0 aliphatic heterocycles. The molecule has 0 spiro atoms. The summed E-state index contributed by atoms with van der Waals surface area (Å²) < 4.78 is 1.99. The predicted molar refractivity (Wildman–Crippen MR) is 107 cm³/mol. The van der Waals surface area contributed by atoms with Gasteiger partial charge in [0.25, 0.3) is 0 Å². The first-order chi connectivity index (χ1) is 12.7. The van der Waals surface area contributed by atoms with Gasteiger partial charge in [-0.15, -0.1) is 28.1 Å². The van der Waals surface area contributed by atoms with Crippen LogP contribution in [-0.2, 0) is 17.9 Å². The highest BCUT2D eigenvalue weighted by Crippen LogP contribution is 2.24. The minimum atomic E-state index is -0.0198. The van der Waals surface area contributed by atoms with Crippen LogP contribution in [0.15, 0.2) is 59.6 Å². The number of aryl methyl sites for hydroxylation is 1. The van der Waals surface area contributed by atoms with Gasteiger partial charge in [0, 0.05) is 17.0 Å². The molecule has 2 heterocycles. The van der Waals surface area contributed by atoms with Crippen LogP contribution in [0.5, 0.6) is 0 Å². The summed E-state index contributed by atoms with van der Waals surface area (Å²) >= 11 is 3.02. The normalized spacial score (nSPS) is 10.7. The number of rotatable bonds is 8. The van der Waals surface area contributed by atoms with E-state index in [1.165, 1.54) is 11.8 Å². The van der Waals surface area contributed by atoms with Crippen LogP contribution in [0.25, 0.3) is 11.4 Å². The van der Waals surface area contributed by atoms with E-state index >= 15 is 0 Å². The highest BCUT2D eigenvalue weighted by Gasteiger charge is 2.15. The Morgan fingerprint density at radius 2 is 2.23 bits per heavy atom. The molecule has 0 aliphatic carbocycles. The van der Waals surface area contributed by atoms with Gasteiger partial charge in [0.15, 0.2) is 11.0 Å². The van der Waals surface area contributed by atoms with Gasteiger partial charge in [-0.2, -0.15) is 0 Å². The van der Waals surface area contributed by atoms with E-state index in [1.807, 2.05) is 53.3 Å². The number of benzene rings is 1. The summed E-state index contributed by atoms with van der Waals surface area (Å²) in [7, 11) is 0. The molecule has 26 heavy (non-hydrogen) atoms. The highest BCUT2D eigenvalue weighted by atomic mass is 32.2. The van der Waals surface area contributed by atoms with Crippen LogP contribution in [0, 0.1) is 6.92 Å². The molecule has 0 fully saturated rings. The fourth-order valence-electron chi connectivity index (χ4n) is 2.47. The summed E-state index contributed by atoms with van der Waals surface area (Å²) in [5.74, 6) is 1.07. The van der Waals surface area contributed by atoms with Crippen LogP contribution in [0.2, 0.25) is 0 Å². The maximum Gasteiger partial charge on any atom is 0.230 e. The maximum absolute atomic E-state index is 12.1. The van der Waals surface area contributed by atoms with Gasteiger partial charge < -0.3 is 5.32 Å². The summed E-state index contributed by atoms with van der Waals surface area (Å²) in [6.07, 6.45) is 1.81. The van der Waals surface area contributed by atoms with Crippen LogP contribution in [0.3, 0.4) is 0 Å². The first-order valence-electron chi connectivity index (χ1n) is 8.20. The average molecular weight is 385 g/mol. The van der Waals surface area contributed by atoms with Crippen molar-refractivity contribution in [3.8, 4) is 11.4 Å². The molecular weight excluding hydrogens is 364 g/mol. The van der Waals surface area contributed by atoms with Gasteiger partial charge in [0.05, 0.1) is 12.3 Å². The minimum absolute atomic E-state index is 0.0198. The molecule has 3 aromatic rings.